The minimum atomic E-state index is -4.90. The second kappa shape index (κ2) is 11.4. The smallest absolute Gasteiger partial charge is 0.422 e. The van der Waals surface area contributed by atoms with E-state index in [-0.39, 0.29) is 22.3 Å². The summed E-state index contributed by atoms with van der Waals surface area (Å²) < 4.78 is 112. The Morgan fingerprint density at radius 3 is 2.29 bits per heavy atom. The Hall–Kier alpha value is -3.57. The van der Waals surface area contributed by atoms with E-state index in [1.165, 1.54) is 6.92 Å². The van der Waals surface area contributed by atoms with Gasteiger partial charge in [0.2, 0.25) is 4.73 Å². The quantitative estimate of drug-likeness (QED) is 0.340. The molecule has 0 saturated carbocycles. The Bertz CT molecular complexity index is 1270. The van der Waals surface area contributed by atoms with Crippen LogP contribution in [-0.4, -0.2) is 56.5 Å². The van der Waals surface area contributed by atoms with Crippen molar-refractivity contribution in [3.05, 3.63) is 52.3 Å². The van der Waals surface area contributed by atoms with E-state index in [4.69, 9.17) is 0 Å². The zero-order valence-corrected chi connectivity index (χ0v) is 20.4. The van der Waals surface area contributed by atoms with Crippen LogP contribution in [0.5, 0.6) is 11.5 Å². The second-order valence-corrected chi connectivity index (χ2v) is 8.12. The lowest BCUT2D eigenvalue weighted by Crippen LogP contribution is -2.29. The highest BCUT2D eigenvalue weighted by Crippen LogP contribution is 2.33. The first-order chi connectivity index (χ1) is 17.6. The van der Waals surface area contributed by atoms with E-state index in [9.17, 15) is 39.9 Å². The highest BCUT2D eigenvalue weighted by Gasteiger charge is 2.33. The van der Waals surface area contributed by atoms with Gasteiger partial charge in [-0.1, -0.05) is 0 Å². The van der Waals surface area contributed by atoms with Crippen LogP contribution in [0.25, 0.3) is 5.95 Å². The molecule has 0 radical (unpaired) electrons. The average molecular weight is 619 g/mol. The van der Waals surface area contributed by atoms with E-state index in [2.05, 4.69) is 50.8 Å². The van der Waals surface area contributed by atoms with Gasteiger partial charge in [0.05, 0.1) is 24.0 Å². The number of hydrogen-bond acceptors (Lipinski definition) is 7. The zero-order valence-electron chi connectivity index (χ0n) is 18.8. The van der Waals surface area contributed by atoms with Crippen LogP contribution in [0, 0.1) is 0 Å². The van der Waals surface area contributed by atoms with Crippen molar-refractivity contribution in [1.29, 1.82) is 0 Å². The fourth-order valence-corrected chi connectivity index (χ4v) is 3.21. The van der Waals surface area contributed by atoms with E-state index >= 15 is 0 Å². The third-order valence-electron chi connectivity index (χ3n) is 4.42. The van der Waals surface area contributed by atoms with Crippen molar-refractivity contribution in [2.75, 3.05) is 13.2 Å². The summed E-state index contributed by atoms with van der Waals surface area (Å²) in [4.78, 5) is 24.5. The van der Waals surface area contributed by atoms with Crippen molar-refractivity contribution >= 4 is 21.8 Å². The summed E-state index contributed by atoms with van der Waals surface area (Å²) in [6, 6.07) is 0.825. The molecule has 0 aliphatic heterocycles. The molecule has 1 aromatic carbocycles. The fourth-order valence-electron chi connectivity index (χ4n) is 2.86. The Balaban J connectivity index is 1.82. The van der Waals surface area contributed by atoms with Crippen molar-refractivity contribution in [3.63, 3.8) is 0 Å². The summed E-state index contributed by atoms with van der Waals surface area (Å²) >= 11 is 3.03. The van der Waals surface area contributed by atoms with Crippen molar-refractivity contribution in [3.8, 4) is 17.4 Å². The van der Waals surface area contributed by atoms with Crippen molar-refractivity contribution in [1.82, 2.24) is 30.0 Å². The number of benzene rings is 1. The van der Waals surface area contributed by atoms with Gasteiger partial charge in [-0.15, -0.1) is 5.10 Å². The first-order valence-electron chi connectivity index (χ1n) is 10.2. The van der Waals surface area contributed by atoms with Crippen LogP contribution in [0.4, 0.5) is 35.1 Å². The van der Waals surface area contributed by atoms with Gasteiger partial charge in [0.1, 0.15) is 12.4 Å². The maximum Gasteiger partial charge on any atom is 0.422 e. The van der Waals surface area contributed by atoms with Crippen LogP contribution < -0.4 is 14.8 Å². The van der Waals surface area contributed by atoms with Gasteiger partial charge in [-0.2, -0.15) is 31.0 Å². The number of aromatic nitrogens is 5. The summed E-state index contributed by atoms with van der Waals surface area (Å²) in [5, 5.41) is 6.38. The number of halogens is 9. The Kier molecular flexibility index (Phi) is 8.73. The van der Waals surface area contributed by atoms with E-state index in [0.29, 0.717) is 12.1 Å². The number of hydrogen-bond donors (Lipinski definition) is 1. The first kappa shape index (κ1) is 29.0. The van der Waals surface area contributed by atoms with Gasteiger partial charge < -0.3 is 14.8 Å². The average Bonchev–Trinajstić information content (AvgIpc) is 3.22. The summed E-state index contributed by atoms with van der Waals surface area (Å²) in [6.07, 6.45) is -10.5. The minimum Gasteiger partial charge on any atom is -0.488 e. The number of nitrogens with one attached hydrogen (secondary N) is 1. The molecule has 0 aliphatic rings. The maximum absolute atomic E-state index is 13.3. The standard InChI is InChI=1S/C20H15BrF8N6O3/c1-9(32-16(36)10-2-11(20(27,28)29)4-12(3-10)37-7-14(22)23)15-33-17(21)34-35(15)18-30-5-13(6-31-18)38-8-19(24,25)26/h2-6,9,14H,7-8H2,1H3,(H,32,36). The molecule has 2 heterocycles. The van der Waals surface area contributed by atoms with Gasteiger partial charge in [0, 0.05) is 5.56 Å². The van der Waals surface area contributed by atoms with E-state index in [0.717, 1.165) is 23.1 Å². The van der Waals surface area contributed by atoms with Gasteiger partial charge in [-0.05, 0) is 41.1 Å². The Morgan fingerprint density at radius 2 is 1.71 bits per heavy atom. The van der Waals surface area contributed by atoms with Crippen LogP contribution in [0.15, 0.2) is 35.3 Å². The minimum absolute atomic E-state index is 0.00338. The highest BCUT2D eigenvalue weighted by molar-refractivity contribution is 9.10. The lowest BCUT2D eigenvalue weighted by atomic mass is 10.1. The monoisotopic (exact) mass is 618 g/mol. The van der Waals surface area contributed by atoms with Crippen LogP contribution >= 0.6 is 15.9 Å². The van der Waals surface area contributed by atoms with Gasteiger partial charge in [0.15, 0.2) is 18.2 Å². The molecule has 1 N–H and O–H groups in total. The van der Waals surface area contributed by atoms with Crippen LogP contribution in [-0.2, 0) is 6.18 Å². The molecular weight excluding hydrogens is 604 g/mol. The number of alkyl halides is 8. The Morgan fingerprint density at radius 1 is 1.05 bits per heavy atom. The third kappa shape index (κ3) is 7.96. The lowest BCUT2D eigenvalue weighted by Gasteiger charge is -2.16. The third-order valence-corrected chi connectivity index (χ3v) is 4.76. The second-order valence-electron chi connectivity index (χ2n) is 7.41. The molecular formula is C20H15BrF8N6O3. The van der Waals surface area contributed by atoms with E-state index < -0.39 is 60.8 Å². The molecule has 0 spiro atoms. The normalized spacial score (nSPS) is 12.9. The first-order valence-corrected chi connectivity index (χ1v) is 11.0. The predicted octanol–water partition coefficient (Wildman–Crippen LogP) is 4.91. The lowest BCUT2D eigenvalue weighted by molar-refractivity contribution is -0.153. The number of ether oxygens (including phenoxy) is 2. The molecule has 9 nitrogen and oxygen atoms in total. The molecule has 0 aliphatic carbocycles. The molecule has 1 amide bonds. The summed E-state index contributed by atoms with van der Waals surface area (Å²) in [5.41, 5.74) is -1.84. The summed E-state index contributed by atoms with van der Waals surface area (Å²) in [5.74, 6) is -2.11. The van der Waals surface area contributed by atoms with Gasteiger partial charge in [-0.3, -0.25) is 4.79 Å². The molecule has 1 unspecified atom stereocenters. The summed E-state index contributed by atoms with van der Waals surface area (Å²) in [6.45, 7) is -1.35. The Labute approximate surface area is 216 Å². The molecule has 3 aromatic rings. The highest BCUT2D eigenvalue weighted by atomic mass is 79.9. The number of amides is 1. The van der Waals surface area contributed by atoms with Crippen molar-refractivity contribution in [2.45, 2.75) is 31.7 Å². The molecule has 1 atom stereocenters. The fraction of sp³-hybridized carbons (Fsp3) is 0.350. The number of carbonyl (C=O) groups is 1. The van der Waals surface area contributed by atoms with Crippen LogP contribution in [0.2, 0.25) is 0 Å². The number of carbonyl (C=O) groups excluding carboxylic acids is 1. The van der Waals surface area contributed by atoms with Crippen molar-refractivity contribution in [2.24, 2.45) is 0 Å². The molecule has 3 rings (SSSR count). The molecule has 18 heteroatoms. The molecule has 2 aromatic heterocycles. The topological polar surface area (TPSA) is 104 Å². The maximum atomic E-state index is 13.3. The molecule has 206 valence electrons. The molecule has 0 saturated heterocycles. The number of rotatable bonds is 9. The number of nitrogens with zero attached hydrogens (tertiary/aromatic N) is 5. The van der Waals surface area contributed by atoms with E-state index in [1.807, 2.05) is 0 Å². The SMILES string of the molecule is CC(NC(=O)c1cc(OCC(F)F)cc(C(F)(F)F)c1)c1nc(Br)nn1-c1ncc(OCC(F)(F)F)cn1. The zero-order chi connectivity index (χ0) is 28.3. The van der Waals surface area contributed by atoms with Gasteiger partial charge >= 0.3 is 12.4 Å². The predicted molar refractivity (Wildman–Crippen MR) is 115 cm³/mol. The van der Waals surface area contributed by atoms with E-state index in [1.54, 1.807) is 0 Å². The largest absolute Gasteiger partial charge is 0.488 e. The van der Waals surface area contributed by atoms with Gasteiger partial charge in [0.25, 0.3) is 18.3 Å². The molecule has 0 fully saturated rings. The van der Waals surface area contributed by atoms with Crippen LogP contribution in [0.1, 0.15) is 34.7 Å². The van der Waals surface area contributed by atoms with Gasteiger partial charge in [-0.25, -0.2) is 23.7 Å². The molecule has 38 heavy (non-hydrogen) atoms. The van der Waals surface area contributed by atoms with Crippen molar-refractivity contribution < 1.29 is 49.4 Å². The molecule has 0 bridgehead atoms. The summed E-state index contributed by atoms with van der Waals surface area (Å²) in [7, 11) is 0. The van der Waals surface area contributed by atoms with Crippen LogP contribution in [0.3, 0.4) is 0 Å².